The molecule has 1 amide bonds. The molecule has 0 aromatic carbocycles. The van der Waals surface area contributed by atoms with Crippen LogP contribution in [0.25, 0.3) is 10.2 Å². The molecular weight excluding hydrogens is 454 g/mol. The number of amides is 1. The van der Waals surface area contributed by atoms with Gasteiger partial charge < -0.3 is 19.4 Å². The van der Waals surface area contributed by atoms with Crippen molar-refractivity contribution in [2.45, 2.75) is 20.8 Å². The molecular formula is C21H21N3O6S2. The number of hydrogen-bond acceptors (Lipinski definition) is 9. The van der Waals surface area contributed by atoms with Crippen molar-refractivity contribution in [1.29, 1.82) is 0 Å². The third-order valence-electron chi connectivity index (χ3n) is 4.59. The van der Waals surface area contributed by atoms with Crippen LogP contribution >= 0.6 is 22.7 Å². The Bertz CT molecular complexity index is 1300. The van der Waals surface area contributed by atoms with Crippen LogP contribution in [0.15, 0.2) is 23.8 Å². The molecule has 0 spiro atoms. The van der Waals surface area contributed by atoms with Crippen LogP contribution in [0.4, 0.5) is 5.00 Å². The van der Waals surface area contributed by atoms with E-state index in [1.54, 1.807) is 27.8 Å². The van der Waals surface area contributed by atoms with E-state index in [9.17, 15) is 19.2 Å². The third kappa shape index (κ3) is 4.21. The summed E-state index contributed by atoms with van der Waals surface area (Å²) in [7, 11) is 1.58. The first kappa shape index (κ1) is 23.4. The van der Waals surface area contributed by atoms with Gasteiger partial charge in [-0.05, 0) is 31.9 Å². The van der Waals surface area contributed by atoms with Crippen molar-refractivity contribution >= 4 is 55.7 Å². The lowest BCUT2D eigenvalue weighted by molar-refractivity contribution is 0.0527. The second-order valence-electron chi connectivity index (χ2n) is 6.72. The Morgan fingerprint density at radius 3 is 2.53 bits per heavy atom. The number of rotatable bonds is 7. The van der Waals surface area contributed by atoms with E-state index in [4.69, 9.17) is 9.47 Å². The predicted octanol–water partition coefficient (Wildman–Crippen LogP) is 3.45. The van der Waals surface area contributed by atoms with Crippen molar-refractivity contribution < 1.29 is 23.9 Å². The highest BCUT2D eigenvalue weighted by Crippen LogP contribution is 2.36. The number of esters is 2. The van der Waals surface area contributed by atoms with Crippen LogP contribution in [-0.4, -0.2) is 40.6 Å². The average Bonchev–Trinajstić information content (AvgIpc) is 3.26. The second kappa shape index (κ2) is 9.45. The number of nitrogens with zero attached hydrogens (tertiary/aromatic N) is 2. The number of ether oxygens (including phenoxy) is 2. The Morgan fingerprint density at radius 2 is 1.88 bits per heavy atom. The highest BCUT2D eigenvalue weighted by atomic mass is 32.1. The standard InChI is InChI=1S/C21H21N3O6S2/c1-6-8-30-21(28)15-11(4)13(20(27)29-7-2)18(32-15)23-16(25)14-10(3)12-17(31-14)22-9-24(5)19(12)26/h6,9H,1,7-8H2,2-5H3,(H,23,25). The molecule has 9 nitrogen and oxygen atoms in total. The highest BCUT2D eigenvalue weighted by molar-refractivity contribution is 7.21. The molecule has 3 aromatic heterocycles. The molecule has 0 saturated heterocycles. The minimum absolute atomic E-state index is 0.00947. The van der Waals surface area contributed by atoms with Gasteiger partial charge in [-0.3, -0.25) is 9.59 Å². The van der Waals surface area contributed by atoms with E-state index in [0.717, 1.165) is 22.7 Å². The number of hydrogen-bond donors (Lipinski definition) is 1. The normalized spacial score (nSPS) is 10.8. The smallest absolute Gasteiger partial charge is 0.348 e. The van der Waals surface area contributed by atoms with Gasteiger partial charge in [0, 0.05) is 7.05 Å². The van der Waals surface area contributed by atoms with Gasteiger partial charge in [-0.15, -0.1) is 22.7 Å². The van der Waals surface area contributed by atoms with Crippen LogP contribution in [-0.2, 0) is 16.5 Å². The summed E-state index contributed by atoms with van der Waals surface area (Å²) in [4.78, 5) is 55.6. The maximum absolute atomic E-state index is 13.1. The first-order chi connectivity index (χ1) is 15.2. The second-order valence-corrected chi connectivity index (χ2v) is 8.74. The summed E-state index contributed by atoms with van der Waals surface area (Å²) in [5, 5.41) is 3.23. The van der Waals surface area contributed by atoms with Crippen LogP contribution in [0, 0.1) is 13.8 Å². The Balaban J connectivity index is 2.04. The molecule has 168 valence electrons. The number of thiophene rings is 2. The van der Waals surface area contributed by atoms with Gasteiger partial charge >= 0.3 is 11.9 Å². The van der Waals surface area contributed by atoms with Crippen LogP contribution in [0.1, 0.15) is 47.8 Å². The van der Waals surface area contributed by atoms with E-state index >= 15 is 0 Å². The Hall–Kier alpha value is -3.31. The summed E-state index contributed by atoms with van der Waals surface area (Å²) in [6, 6.07) is 0. The summed E-state index contributed by atoms with van der Waals surface area (Å²) in [6.07, 6.45) is 2.82. The summed E-state index contributed by atoms with van der Waals surface area (Å²) < 4.78 is 11.5. The Labute approximate surface area is 191 Å². The molecule has 3 heterocycles. The molecule has 3 aromatic rings. The van der Waals surface area contributed by atoms with E-state index in [2.05, 4.69) is 16.9 Å². The highest BCUT2D eigenvalue weighted by Gasteiger charge is 2.28. The first-order valence-corrected chi connectivity index (χ1v) is 11.2. The topological polar surface area (TPSA) is 117 Å². The number of nitrogens with one attached hydrogen (secondary N) is 1. The van der Waals surface area contributed by atoms with Crippen molar-refractivity contribution in [2.75, 3.05) is 18.5 Å². The van der Waals surface area contributed by atoms with Gasteiger partial charge in [-0.1, -0.05) is 12.7 Å². The third-order valence-corrected chi connectivity index (χ3v) is 6.97. The van der Waals surface area contributed by atoms with E-state index < -0.39 is 17.8 Å². The fourth-order valence-electron chi connectivity index (χ4n) is 3.03. The maximum Gasteiger partial charge on any atom is 0.348 e. The van der Waals surface area contributed by atoms with E-state index in [-0.39, 0.29) is 39.1 Å². The predicted molar refractivity (Wildman–Crippen MR) is 123 cm³/mol. The molecule has 0 unspecified atom stereocenters. The summed E-state index contributed by atoms with van der Waals surface area (Å²) >= 11 is 2.00. The summed E-state index contributed by atoms with van der Waals surface area (Å²) in [5.41, 5.74) is 0.673. The monoisotopic (exact) mass is 475 g/mol. The van der Waals surface area contributed by atoms with Crippen LogP contribution < -0.4 is 10.9 Å². The largest absolute Gasteiger partial charge is 0.462 e. The Kier molecular flexibility index (Phi) is 6.90. The van der Waals surface area contributed by atoms with Crippen molar-refractivity contribution in [3.63, 3.8) is 0 Å². The van der Waals surface area contributed by atoms with E-state index in [0.29, 0.717) is 21.3 Å². The molecule has 0 bridgehead atoms. The van der Waals surface area contributed by atoms with Gasteiger partial charge in [0.1, 0.15) is 21.3 Å². The molecule has 1 N–H and O–H groups in total. The molecule has 0 aliphatic carbocycles. The Morgan fingerprint density at radius 1 is 1.16 bits per heavy atom. The molecule has 0 radical (unpaired) electrons. The quantitative estimate of drug-likeness (QED) is 0.411. The maximum atomic E-state index is 13.1. The lowest BCUT2D eigenvalue weighted by Crippen LogP contribution is -2.17. The van der Waals surface area contributed by atoms with Gasteiger partial charge in [0.15, 0.2) is 0 Å². The summed E-state index contributed by atoms with van der Waals surface area (Å²) in [5.74, 6) is -1.82. The number of carbonyl (C=O) groups excluding carboxylic acids is 3. The number of aryl methyl sites for hydroxylation is 2. The first-order valence-electron chi connectivity index (χ1n) is 9.55. The molecule has 0 aliphatic rings. The van der Waals surface area contributed by atoms with Crippen molar-refractivity contribution in [2.24, 2.45) is 7.05 Å². The number of fused-ring (bicyclic) bond motifs is 1. The zero-order chi connectivity index (χ0) is 23.6. The number of aromatic nitrogens is 2. The van der Waals surface area contributed by atoms with Crippen LogP contribution in [0.5, 0.6) is 0 Å². The minimum Gasteiger partial charge on any atom is -0.462 e. The van der Waals surface area contributed by atoms with Gasteiger partial charge in [-0.25, -0.2) is 14.6 Å². The van der Waals surface area contributed by atoms with E-state index in [1.807, 2.05) is 0 Å². The number of anilines is 1. The molecule has 0 atom stereocenters. The van der Waals surface area contributed by atoms with Crippen LogP contribution in [0.3, 0.4) is 0 Å². The van der Waals surface area contributed by atoms with Crippen LogP contribution in [0.2, 0.25) is 0 Å². The number of carbonyl (C=O) groups is 3. The van der Waals surface area contributed by atoms with Gasteiger partial charge in [0.05, 0.1) is 28.8 Å². The summed E-state index contributed by atoms with van der Waals surface area (Å²) in [6.45, 7) is 8.55. The molecule has 0 fully saturated rings. The van der Waals surface area contributed by atoms with Gasteiger partial charge in [0.25, 0.3) is 11.5 Å². The lowest BCUT2D eigenvalue weighted by atomic mass is 10.1. The van der Waals surface area contributed by atoms with E-state index in [1.165, 1.54) is 17.0 Å². The average molecular weight is 476 g/mol. The van der Waals surface area contributed by atoms with Crippen molar-refractivity contribution in [3.05, 3.63) is 55.8 Å². The van der Waals surface area contributed by atoms with Gasteiger partial charge in [-0.2, -0.15) is 0 Å². The van der Waals surface area contributed by atoms with Gasteiger partial charge in [0.2, 0.25) is 0 Å². The zero-order valence-electron chi connectivity index (χ0n) is 17.9. The molecule has 0 aliphatic heterocycles. The molecule has 11 heteroatoms. The van der Waals surface area contributed by atoms with Crippen molar-refractivity contribution in [3.8, 4) is 0 Å². The van der Waals surface area contributed by atoms with Crippen molar-refractivity contribution in [1.82, 2.24) is 9.55 Å². The minimum atomic E-state index is -0.664. The fraction of sp³-hybridized carbons (Fsp3) is 0.286. The zero-order valence-corrected chi connectivity index (χ0v) is 19.6. The fourth-order valence-corrected chi connectivity index (χ4v) is 5.15. The lowest BCUT2D eigenvalue weighted by Gasteiger charge is -2.06. The SMILES string of the molecule is C=CCOC(=O)c1sc(NC(=O)c2sc3ncn(C)c(=O)c3c2C)c(C(=O)OCC)c1C. The molecule has 3 rings (SSSR count). The molecule has 32 heavy (non-hydrogen) atoms. The molecule has 0 saturated carbocycles.